The molecule has 0 saturated heterocycles. The lowest BCUT2D eigenvalue weighted by molar-refractivity contribution is -0.116. The van der Waals surface area contributed by atoms with Crippen molar-refractivity contribution in [3.05, 3.63) is 75.3 Å². The highest BCUT2D eigenvalue weighted by Gasteiger charge is 2.19. The van der Waals surface area contributed by atoms with Gasteiger partial charge in [-0.1, -0.05) is 12.1 Å². The standard InChI is InChI=1S/C26H26BrFN8O/c1-14-23-21(19-6-8-20(28)9-7-19)10-11-29-26(23)34(31-14)12-22(37)30-25-16(3)33-36(18(25)5)13-35-17(4)24(27)15(2)32-35/h6-11H,12-13H2,1-5H3,(H,30,37). The Labute approximate surface area is 221 Å². The van der Waals surface area contributed by atoms with Crippen molar-refractivity contribution in [1.29, 1.82) is 0 Å². The minimum atomic E-state index is -0.296. The predicted molar refractivity (Wildman–Crippen MR) is 143 cm³/mol. The van der Waals surface area contributed by atoms with Crippen molar-refractivity contribution in [2.24, 2.45) is 0 Å². The third-order valence-corrected chi connectivity index (χ3v) is 7.61. The van der Waals surface area contributed by atoms with Crippen molar-refractivity contribution in [1.82, 2.24) is 34.3 Å². The van der Waals surface area contributed by atoms with Gasteiger partial charge in [-0.25, -0.2) is 23.4 Å². The molecule has 4 aromatic heterocycles. The van der Waals surface area contributed by atoms with E-state index in [0.29, 0.717) is 23.7 Å². The van der Waals surface area contributed by atoms with Crippen LogP contribution in [0.2, 0.25) is 0 Å². The second-order valence-electron chi connectivity index (χ2n) is 9.03. The van der Waals surface area contributed by atoms with E-state index in [4.69, 9.17) is 0 Å². The smallest absolute Gasteiger partial charge is 0.246 e. The van der Waals surface area contributed by atoms with Crippen molar-refractivity contribution >= 4 is 38.6 Å². The Morgan fingerprint density at radius 1 is 0.892 bits per heavy atom. The van der Waals surface area contributed by atoms with Gasteiger partial charge in [0.1, 0.15) is 19.0 Å². The Balaban J connectivity index is 1.39. The number of benzene rings is 1. The summed E-state index contributed by atoms with van der Waals surface area (Å²) in [5, 5.41) is 17.6. The summed E-state index contributed by atoms with van der Waals surface area (Å²) in [6.45, 7) is 10.0. The average molecular weight is 565 g/mol. The number of nitrogens with one attached hydrogen (secondary N) is 1. The first-order chi connectivity index (χ1) is 17.6. The first kappa shape index (κ1) is 24.8. The third kappa shape index (κ3) is 4.55. The first-order valence-electron chi connectivity index (χ1n) is 11.8. The van der Waals surface area contributed by atoms with E-state index < -0.39 is 0 Å². The molecule has 5 aromatic rings. The summed E-state index contributed by atoms with van der Waals surface area (Å²) < 4.78 is 19.7. The molecule has 0 bridgehead atoms. The first-order valence-corrected chi connectivity index (χ1v) is 12.5. The maximum absolute atomic E-state index is 13.4. The van der Waals surface area contributed by atoms with Gasteiger partial charge in [-0.2, -0.15) is 15.3 Å². The molecule has 9 nitrogen and oxygen atoms in total. The summed E-state index contributed by atoms with van der Waals surface area (Å²) >= 11 is 3.56. The molecule has 1 aromatic carbocycles. The number of carbonyl (C=O) groups is 1. The van der Waals surface area contributed by atoms with E-state index in [1.807, 2.05) is 50.0 Å². The molecule has 190 valence electrons. The molecule has 0 saturated carbocycles. The maximum Gasteiger partial charge on any atom is 0.246 e. The second-order valence-corrected chi connectivity index (χ2v) is 9.82. The molecular weight excluding hydrogens is 539 g/mol. The van der Waals surface area contributed by atoms with Crippen LogP contribution in [-0.2, 0) is 18.0 Å². The fraction of sp³-hybridized carbons (Fsp3) is 0.269. The topological polar surface area (TPSA) is 95.5 Å². The van der Waals surface area contributed by atoms with Crippen molar-refractivity contribution < 1.29 is 9.18 Å². The van der Waals surface area contributed by atoms with Crippen LogP contribution in [0.4, 0.5) is 10.1 Å². The van der Waals surface area contributed by atoms with Crippen LogP contribution in [-0.4, -0.2) is 40.2 Å². The Bertz CT molecular complexity index is 1650. The van der Waals surface area contributed by atoms with E-state index >= 15 is 0 Å². The number of hydrogen-bond donors (Lipinski definition) is 1. The van der Waals surface area contributed by atoms with Crippen LogP contribution in [0.1, 0.15) is 28.5 Å². The van der Waals surface area contributed by atoms with Crippen LogP contribution in [0.15, 0.2) is 41.0 Å². The Kier molecular flexibility index (Phi) is 6.40. The fourth-order valence-corrected chi connectivity index (χ4v) is 4.82. The second kappa shape index (κ2) is 9.55. The third-order valence-electron chi connectivity index (χ3n) is 6.46. The largest absolute Gasteiger partial charge is 0.321 e. The number of hydrogen-bond acceptors (Lipinski definition) is 5. The zero-order chi connectivity index (χ0) is 26.4. The number of aryl methyl sites for hydroxylation is 3. The number of amides is 1. The van der Waals surface area contributed by atoms with E-state index in [9.17, 15) is 9.18 Å². The summed E-state index contributed by atoms with van der Waals surface area (Å²) in [4.78, 5) is 17.6. The highest BCUT2D eigenvalue weighted by molar-refractivity contribution is 9.10. The van der Waals surface area contributed by atoms with Crippen LogP contribution >= 0.6 is 15.9 Å². The highest BCUT2D eigenvalue weighted by atomic mass is 79.9. The van der Waals surface area contributed by atoms with Gasteiger partial charge < -0.3 is 5.32 Å². The molecule has 11 heteroatoms. The summed E-state index contributed by atoms with van der Waals surface area (Å²) in [6, 6.07) is 8.17. The lowest BCUT2D eigenvalue weighted by atomic mass is 10.0. The molecule has 0 unspecified atom stereocenters. The van der Waals surface area contributed by atoms with Crippen LogP contribution in [0.25, 0.3) is 22.2 Å². The summed E-state index contributed by atoms with van der Waals surface area (Å²) in [7, 11) is 0. The predicted octanol–water partition coefficient (Wildman–Crippen LogP) is 5.08. The van der Waals surface area contributed by atoms with Gasteiger partial charge in [-0.05, 0) is 79.9 Å². The van der Waals surface area contributed by atoms with Crippen LogP contribution in [0, 0.1) is 40.4 Å². The van der Waals surface area contributed by atoms with Gasteiger partial charge >= 0.3 is 0 Å². The van der Waals surface area contributed by atoms with Crippen LogP contribution in [0.5, 0.6) is 0 Å². The number of carbonyl (C=O) groups excluding carboxylic acids is 1. The van der Waals surface area contributed by atoms with Gasteiger partial charge in [0.05, 0.1) is 38.6 Å². The van der Waals surface area contributed by atoms with Crippen molar-refractivity contribution in [3.63, 3.8) is 0 Å². The summed E-state index contributed by atoms with van der Waals surface area (Å²) in [5.41, 5.74) is 7.19. The number of halogens is 2. The van der Waals surface area contributed by atoms with E-state index in [-0.39, 0.29) is 18.3 Å². The van der Waals surface area contributed by atoms with E-state index in [1.54, 1.807) is 23.0 Å². The molecule has 4 heterocycles. The maximum atomic E-state index is 13.4. The number of pyridine rings is 1. The fourth-order valence-electron chi connectivity index (χ4n) is 4.53. The van der Waals surface area contributed by atoms with Crippen LogP contribution < -0.4 is 5.32 Å². The Morgan fingerprint density at radius 3 is 2.22 bits per heavy atom. The molecule has 0 aliphatic rings. The molecule has 0 spiro atoms. The zero-order valence-corrected chi connectivity index (χ0v) is 22.8. The molecule has 37 heavy (non-hydrogen) atoms. The van der Waals surface area contributed by atoms with Gasteiger partial charge in [0.15, 0.2) is 5.65 Å². The van der Waals surface area contributed by atoms with Gasteiger partial charge in [0.2, 0.25) is 5.91 Å². The molecule has 0 aliphatic heterocycles. The normalized spacial score (nSPS) is 11.4. The molecule has 1 N–H and O–H groups in total. The number of aromatic nitrogens is 7. The summed E-state index contributed by atoms with van der Waals surface area (Å²) in [5.74, 6) is -0.534. The van der Waals surface area contributed by atoms with Crippen LogP contribution in [0.3, 0.4) is 0 Å². The number of nitrogens with zero attached hydrogens (tertiary/aromatic N) is 7. The highest BCUT2D eigenvalue weighted by Crippen LogP contribution is 2.30. The summed E-state index contributed by atoms with van der Waals surface area (Å²) in [6.07, 6.45) is 1.67. The minimum absolute atomic E-state index is 0.0152. The van der Waals surface area contributed by atoms with Crippen molar-refractivity contribution in [2.75, 3.05) is 5.32 Å². The minimum Gasteiger partial charge on any atom is -0.321 e. The molecule has 0 fully saturated rings. The van der Waals surface area contributed by atoms with E-state index in [2.05, 4.69) is 41.5 Å². The molecule has 0 aliphatic carbocycles. The quantitative estimate of drug-likeness (QED) is 0.310. The van der Waals surface area contributed by atoms with Gasteiger partial charge in [0, 0.05) is 11.6 Å². The van der Waals surface area contributed by atoms with Crippen molar-refractivity contribution in [2.45, 2.75) is 47.8 Å². The molecule has 5 rings (SSSR count). The SMILES string of the molecule is Cc1nn(Cn2nc(C)c(NC(=O)Cn3nc(C)c4c(-c5ccc(F)cc5)ccnc43)c2C)c(C)c1Br. The number of fused-ring (bicyclic) bond motifs is 1. The lowest BCUT2D eigenvalue weighted by Crippen LogP contribution is -2.20. The Morgan fingerprint density at radius 2 is 1.54 bits per heavy atom. The van der Waals surface area contributed by atoms with Gasteiger partial charge in [-0.15, -0.1) is 0 Å². The molecular formula is C26H26BrFN8O. The molecule has 1 amide bonds. The van der Waals surface area contributed by atoms with E-state index in [1.165, 1.54) is 12.1 Å². The van der Waals surface area contributed by atoms with Gasteiger partial charge in [0.25, 0.3) is 0 Å². The average Bonchev–Trinajstić information content (AvgIpc) is 3.42. The van der Waals surface area contributed by atoms with Crippen molar-refractivity contribution in [3.8, 4) is 11.1 Å². The molecule has 0 atom stereocenters. The van der Waals surface area contributed by atoms with E-state index in [0.717, 1.165) is 43.8 Å². The number of anilines is 1. The Hall–Kier alpha value is -3.86. The number of rotatable bonds is 6. The monoisotopic (exact) mass is 564 g/mol. The zero-order valence-electron chi connectivity index (χ0n) is 21.2. The molecule has 0 radical (unpaired) electrons. The van der Waals surface area contributed by atoms with Gasteiger partial charge in [-0.3, -0.25) is 4.79 Å². The lowest BCUT2D eigenvalue weighted by Gasteiger charge is -2.09.